The van der Waals surface area contributed by atoms with Crippen molar-refractivity contribution in [3.8, 4) is 0 Å². The first kappa shape index (κ1) is 16.3. The van der Waals surface area contributed by atoms with Crippen molar-refractivity contribution in [2.24, 2.45) is 10.9 Å². The topological polar surface area (TPSA) is 78.0 Å². The standard InChI is InChI=1S/C13H19BrClN5O/c1-2-11(12(16)18-21)19-3-5-20(6-4-19)13-10(14)7-9(15)8-17-13/h7-8,11,21H,2-6H2,1H3,(H2,16,18). The Labute approximate surface area is 137 Å². The van der Waals surface area contributed by atoms with Gasteiger partial charge in [0.1, 0.15) is 5.82 Å². The van der Waals surface area contributed by atoms with E-state index in [2.05, 4.69) is 35.9 Å². The maximum atomic E-state index is 8.86. The first-order valence-electron chi connectivity index (χ1n) is 6.84. The van der Waals surface area contributed by atoms with E-state index in [-0.39, 0.29) is 11.9 Å². The summed E-state index contributed by atoms with van der Waals surface area (Å²) in [6, 6.07) is 1.83. The number of hydrogen-bond donors (Lipinski definition) is 2. The molecule has 1 atom stereocenters. The van der Waals surface area contributed by atoms with Crippen LogP contribution in [0.25, 0.3) is 0 Å². The number of piperazine rings is 1. The van der Waals surface area contributed by atoms with Crippen LogP contribution in [0.4, 0.5) is 5.82 Å². The van der Waals surface area contributed by atoms with Gasteiger partial charge in [0, 0.05) is 32.4 Å². The van der Waals surface area contributed by atoms with Crippen LogP contribution in [0.3, 0.4) is 0 Å². The van der Waals surface area contributed by atoms with E-state index in [0.717, 1.165) is 42.9 Å². The zero-order valence-corrected chi connectivity index (χ0v) is 14.2. The Morgan fingerprint density at radius 3 is 2.71 bits per heavy atom. The fraction of sp³-hybridized carbons (Fsp3) is 0.538. The highest BCUT2D eigenvalue weighted by Gasteiger charge is 2.26. The molecule has 3 N–H and O–H groups in total. The Bertz CT molecular complexity index is 519. The lowest BCUT2D eigenvalue weighted by Gasteiger charge is -2.39. The molecule has 0 bridgehead atoms. The Kier molecular flexibility index (Phi) is 5.66. The molecule has 116 valence electrons. The maximum Gasteiger partial charge on any atom is 0.156 e. The van der Waals surface area contributed by atoms with Crippen molar-refractivity contribution in [1.82, 2.24) is 9.88 Å². The summed E-state index contributed by atoms with van der Waals surface area (Å²) in [5.74, 6) is 1.17. The van der Waals surface area contributed by atoms with Gasteiger partial charge in [0.15, 0.2) is 5.84 Å². The summed E-state index contributed by atoms with van der Waals surface area (Å²) in [6.07, 6.45) is 2.47. The van der Waals surface area contributed by atoms with Crippen molar-refractivity contribution >= 4 is 39.2 Å². The number of amidine groups is 1. The lowest BCUT2D eigenvalue weighted by molar-refractivity contribution is 0.215. The van der Waals surface area contributed by atoms with Crippen molar-refractivity contribution < 1.29 is 5.21 Å². The Balaban J connectivity index is 2.03. The quantitative estimate of drug-likeness (QED) is 0.364. The van der Waals surface area contributed by atoms with Gasteiger partial charge in [-0.15, -0.1) is 0 Å². The highest BCUT2D eigenvalue weighted by atomic mass is 79.9. The van der Waals surface area contributed by atoms with E-state index >= 15 is 0 Å². The highest BCUT2D eigenvalue weighted by molar-refractivity contribution is 9.10. The number of anilines is 1. The number of rotatable bonds is 4. The van der Waals surface area contributed by atoms with Gasteiger partial charge in [-0.1, -0.05) is 23.7 Å². The number of nitrogens with zero attached hydrogens (tertiary/aromatic N) is 4. The number of halogens is 2. The highest BCUT2D eigenvalue weighted by Crippen LogP contribution is 2.27. The number of nitrogens with two attached hydrogens (primary N) is 1. The van der Waals surface area contributed by atoms with E-state index in [1.165, 1.54) is 0 Å². The van der Waals surface area contributed by atoms with Crippen LogP contribution in [0, 0.1) is 0 Å². The summed E-state index contributed by atoms with van der Waals surface area (Å²) in [5, 5.41) is 12.6. The normalized spacial score (nSPS) is 18.8. The van der Waals surface area contributed by atoms with Crippen LogP contribution in [0.15, 0.2) is 21.9 Å². The maximum absolute atomic E-state index is 8.86. The summed E-state index contributed by atoms with van der Waals surface area (Å²) >= 11 is 9.42. The summed E-state index contributed by atoms with van der Waals surface area (Å²) in [4.78, 5) is 8.82. The van der Waals surface area contributed by atoms with Crippen LogP contribution in [-0.4, -0.2) is 53.1 Å². The summed E-state index contributed by atoms with van der Waals surface area (Å²) in [7, 11) is 0. The molecule has 21 heavy (non-hydrogen) atoms. The number of hydrogen-bond acceptors (Lipinski definition) is 5. The minimum absolute atomic E-state index is 0.0150. The average molecular weight is 377 g/mol. The molecule has 0 aliphatic carbocycles. The summed E-state index contributed by atoms with van der Waals surface area (Å²) in [6.45, 7) is 5.38. The molecule has 1 aromatic heterocycles. The van der Waals surface area contributed by atoms with E-state index in [1.807, 2.05) is 13.0 Å². The zero-order valence-electron chi connectivity index (χ0n) is 11.8. The van der Waals surface area contributed by atoms with Gasteiger partial charge in [-0.05, 0) is 28.4 Å². The molecule has 1 aromatic rings. The molecule has 0 radical (unpaired) electrons. The molecule has 6 nitrogen and oxygen atoms in total. The Morgan fingerprint density at radius 2 is 2.19 bits per heavy atom. The summed E-state index contributed by atoms with van der Waals surface area (Å²) in [5.41, 5.74) is 5.76. The first-order valence-corrected chi connectivity index (χ1v) is 8.01. The van der Waals surface area contributed by atoms with E-state index < -0.39 is 0 Å². The van der Waals surface area contributed by atoms with Gasteiger partial charge < -0.3 is 15.8 Å². The molecule has 8 heteroatoms. The lowest BCUT2D eigenvalue weighted by atomic mass is 10.1. The molecule has 1 aliphatic rings. The molecule has 2 heterocycles. The fourth-order valence-electron chi connectivity index (χ4n) is 2.61. The summed E-state index contributed by atoms with van der Waals surface area (Å²) < 4.78 is 0.895. The minimum Gasteiger partial charge on any atom is -0.409 e. The molecule has 0 amide bonds. The van der Waals surface area contributed by atoms with Gasteiger partial charge in [-0.3, -0.25) is 4.90 Å². The van der Waals surface area contributed by atoms with Gasteiger partial charge in [0.05, 0.1) is 15.5 Å². The molecular weight excluding hydrogens is 358 g/mol. The molecule has 1 aliphatic heterocycles. The van der Waals surface area contributed by atoms with E-state index in [1.54, 1.807) is 6.20 Å². The second-order valence-electron chi connectivity index (χ2n) is 4.93. The van der Waals surface area contributed by atoms with Crippen LogP contribution in [-0.2, 0) is 0 Å². The van der Waals surface area contributed by atoms with E-state index in [0.29, 0.717) is 5.02 Å². The van der Waals surface area contributed by atoms with Crippen LogP contribution < -0.4 is 10.6 Å². The number of aromatic nitrogens is 1. The predicted molar refractivity (Wildman–Crippen MR) is 88.2 cm³/mol. The van der Waals surface area contributed by atoms with Crippen LogP contribution in [0.1, 0.15) is 13.3 Å². The van der Waals surface area contributed by atoms with Gasteiger partial charge in [-0.2, -0.15) is 0 Å². The largest absolute Gasteiger partial charge is 0.409 e. The van der Waals surface area contributed by atoms with Gasteiger partial charge in [0.25, 0.3) is 0 Å². The first-order chi connectivity index (χ1) is 10.1. The number of pyridine rings is 1. The van der Waals surface area contributed by atoms with Crippen molar-refractivity contribution in [3.05, 3.63) is 21.8 Å². The van der Waals surface area contributed by atoms with Crippen molar-refractivity contribution in [2.75, 3.05) is 31.1 Å². The fourth-order valence-corrected chi connectivity index (χ4v) is 3.50. The third-order valence-corrected chi connectivity index (χ3v) is 4.48. The Morgan fingerprint density at radius 1 is 1.52 bits per heavy atom. The third-order valence-electron chi connectivity index (χ3n) is 3.69. The third kappa shape index (κ3) is 3.78. The van der Waals surface area contributed by atoms with E-state index in [9.17, 15) is 0 Å². The molecule has 0 saturated carbocycles. The lowest BCUT2D eigenvalue weighted by Crippen LogP contribution is -2.54. The second-order valence-corrected chi connectivity index (χ2v) is 6.22. The molecule has 1 fully saturated rings. The van der Waals surface area contributed by atoms with Crippen molar-refractivity contribution in [1.29, 1.82) is 0 Å². The van der Waals surface area contributed by atoms with Crippen LogP contribution >= 0.6 is 27.5 Å². The van der Waals surface area contributed by atoms with Crippen molar-refractivity contribution in [2.45, 2.75) is 19.4 Å². The molecule has 0 spiro atoms. The number of oxime groups is 1. The van der Waals surface area contributed by atoms with E-state index in [4.69, 9.17) is 22.5 Å². The Hall–Kier alpha value is -1.05. The molecule has 1 saturated heterocycles. The molecule has 1 unspecified atom stereocenters. The minimum atomic E-state index is -0.0150. The van der Waals surface area contributed by atoms with Crippen molar-refractivity contribution in [3.63, 3.8) is 0 Å². The zero-order chi connectivity index (χ0) is 15.4. The van der Waals surface area contributed by atoms with Gasteiger partial charge in [-0.25, -0.2) is 4.98 Å². The monoisotopic (exact) mass is 375 g/mol. The molecular formula is C13H19BrClN5O. The molecule has 2 rings (SSSR count). The second kappa shape index (κ2) is 7.29. The smallest absolute Gasteiger partial charge is 0.156 e. The SMILES string of the molecule is CCC(C(N)=NO)N1CCN(c2ncc(Cl)cc2Br)CC1. The average Bonchev–Trinajstić information content (AvgIpc) is 2.49. The van der Waals surface area contributed by atoms with Gasteiger partial charge in [0.2, 0.25) is 0 Å². The predicted octanol–water partition coefficient (Wildman–Crippen LogP) is 2.14. The van der Waals surface area contributed by atoms with Crippen LogP contribution in [0.2, 0.25) is 5.02 Å². The van der Waals surface area contributed by atoms with Crippen LogP contribution in [0.5, 0.6) is 0 Å². The van der Waals surface area contributed by atoms with Gasteiger partial charge >= 0.3 is 0 Å². The molecule has 0 aromatic carbocycles.